The average Bonchev–Trinajstić information content (AvgIpc) is 3.62. The van der Waals surface area contributed by atoms with E-state index in [-0.39, 0.29) is 0 Å². The maximum absolute atomic E-state index is 5.41. The molecule has 6 aromatic heterocycles. The number of hydrogen-bond acceptors (Lipinski definition) is 10. The molecule has 0 saturated carbocycles. The van der Waals surface area contributed by atoms with E-state index in [0.717, 1.165) is 33.2 Å². The zero-order valence-electron chi connectivity index (χ0n) is 15.6. The summed E-state index contributed by atoms with van der Waals surface area (Å²) >= 11 is 2.86. The Hall–Kier alpha value is -3.96. The van der Waals surface area contributed by atoms with Crippen molar-refractivity contribution in [3.63, 3.8) is 0 Å². The summed E-state index contributed by atoms with van der Waals surface area (Å²) in [5.74, 6) is 0.444. The van der Waals surface area contributed by atoms with Crippen molar-refractivity contribution in [2.45, 2.75) is 0 Å². The molecule has 6 heterocycles. The lowest BCUT2D eigenvalue weighted by Gasteiger charge is -1.99. The Labute approximate surface area is 182 Å². The van der Waals surface area contributed by atoms with E-state index in [2.05, 4.69) is 29.7 Å². The normalized spacial score (nSPS) is 11.2. The zero-order chi connectivity index (χ0) is 20.6. The van der Waals surface area contributed by atoms with Gasteiger partial charge in [-0.3, -0.25) is 10.1 Å². The van der Waals surface area contributed by atoms with Crippen LogP contribution < -0.4 is 0 Å². The predicted octanol–water partition coefficient (Wildman–Crippen LogP) is 5.03. The Kier molecular flexibility index (Phi) is 4.25. The maximum atomic E-state index is 5.41. The fourth-order valence-corrected chi connectivity index (χ4v) is 4.68. The number of rotatable bonds is 5. The van der Waals surface area contributed by atoms with E-state index in [1.165, 1.54) is 29.1 Å². The average molecular weight is 445 g/mol. The van der Waals surface area contributed by atoms with Crippen molar-refractivity contribution >= 4 is 22.9 Å². The minimum absolute atomic E-state index is 0.444. The molecule has 0 aliphatic carbocycles. The van der Waals surface area contributed by atoms with Crippen molar-refractivity contribution in [1.29, 1.82) is 0 Å². The molecule has 0 fully saturated rings. The summed E-state index contributed by atoms with van der Waals surface area (Å²) in [7, 11) is 0. The molecule has 6 rings (SSSR count). The lowest BCUT2D eigenvalue weighted by atomic mass is 10.1. The first kappa shape index (κ1) is 17.9. The fourth-order valence-electron chi connectivity index (χ4n) is 3.19. The molecule has 150 valence electrons. The molecule has 0 radical (unpaired) electrons. The Bertz CT molecular complexity index is 1450. The molecule has 1 N–H and O–H groups in total. The second-order valence-corrected chi connectivity index (χ2v) is 7.89. The van der Waals surface area contributed by atoms with Gasteiger partial charge < -0.3 is 8.94 Å². The smallest absolute Gasteiger partial charge is 0.229 e. The SMILES string of the molecule is c1ccc(-c2csnc2-c2csc(-c3conc3-c3[nH]ncc3-c3ncco3)n2)nc1. The van der Waals surface area contributed by atoms with Gasteiger partial charge in [-0.15, -0.1) is 11.3 Å². The van der Waals surface area contributed by atoms with Crippen LogP contribution in [0.5, 0.6) is 0 Å². The van der Waals surface area contributed by atoms with Gasteiger partial charge in [-0.05, 0) is 23.7 Å². The Morgan fingerprint density at radius 3 is 2.81 bits per heavy atom. The molecule has 6 aromatic rings. The minimum Gasteiger partial charge on any atom is -0.444 e. The van der Waals surface area contributed by atoms with Crippen LogP contribution in [0.25, 0.3) is 56.1 Å². The number of thiazole rings is 1. The summed E-state index contributed by atoms with van der Waals surface area (Å²) in [4.78, 5) is 13.4. The van der Waals surface area contributed by atoms with E-state index in [0.29, 0.717) is 22.8 Å². The molecule has 0 atom stereocenters. The third-order valence-electron chi connectivity index (χ3n) is 4.60. The summed E-state index contributed by atoms with van der Waals surface area (Å²) in [5.41, 5.74) is 6.03. The molecule has 0 unspecified atom stereocenters. The molecule has 9 nitrogen and oxygen atoms in total. The van der Waals surface area contributed by atoms with Crippen molar-refractivity contribution in [1.82, 2.24) is 34.7 Å². The highest BCUT2D eigenvalue weighted by atomic mass is 32.1. The van der Waals surface area contributed by atoms with E-state index in [1.807, 2.05) is 29.0 Å². The van der Waals surface area contributed by atoms with Gasteiger partial charge in [-0.1, -0.05) is 11.2 Å². The van der Waals surface area contributed by atoms with Crippen molar-refractivity contribution in [2.24, 2.45) is 0 Å². The van der Waals surface area contributed by atoms with E-state index in [9.17, 15) is 0 Å². The molecule has 31 heavy (non-hydrogen) atoms. The first-order valence-electron chi connectivity index (χ1n) is 9.08. The number of nitrogens with one attached hydrogen (secondary N) is 1. The lowest BCUT2D eigenvalue weighted by Crippen LogP contribution is -1.87. The number of pyridine rings is 1. The first-order chi connectivity index (χ1) is 15.4. The largest absolute Gasteiger partial charge is 0.444 e. The summed E-state index contributed by atoms with van der Waals surface area (Å²) in [6, 6.07) is 5.80. The standard InChI is InChI=1S/C20H11N7O2S2/c1-2-4-21-14(3-1)13-9-31-27-16(13)15-10-30-20(24-15)12-8-29-26-18(12)17-11(7-23-25-17)19-22-5-6-28-19/h1-10H,(H,23,25). The van der Waals surface area contributed by atoms with Crippen molar-refractivity contribution in [2.75, 3.05) is 0 Å². The second kappa shape index (κ2) is 7.38. The molecular weight excluding hydrogens is 434 g/mol. The third-order valence-corrected chi connectivity index (χ3v) is 6.10. The van der Waals surface area contributed by atoms with Gasteiger partial charge in [0.2, 0.25) is 5.89 Å². The fraction of sp³-hybridized carbons (Fsp3) is 0. The molecular formula is C20H11N7O2S2. The summed E-state index contributed by atoms with van der Waals surface area (Å²) in [5, 5.41) is 15.9. The molecule has 0 spiro atoms. The van der Waals surface area contributed by atoms with E-state index < -0.39 is 0 Å². The first-order valence-corrected chi connectivity index (χ1v) is 10.8. The minimum atomic E-state index is 0.444. The van der Waals surface area contributed by atoms with Crippen molar-refractivity contribution in [3.8, 4) is 56.1 Å². The van der Waals surface area contributed by atoms with Crippen LogP contribution in [0.2, 0.25) is 0 Å². The topological polar surface area (TPSA) is 119 Å². The van der Waals surface area contributed by atoms with E-state index in [1.54, 1.807) is 24.9 Å². The van der Waals surface area contributed by atoms with E-state index in [4.69, 9.17) is 13.9 Å². The summed E-state index contributed by atoms with van der Waals surface area (Å²) in [6.45, 7) is 0. The molecule has 0 bridgehead atoms. The molecule has 11 heteroatoms. The van der Waals surface area contributed by atoms with Crippen LogP contribution in [-0.4, -0.2) is 34.7 Å². The monoisotopic (exact) mass is 445 g/mol. The van der Waals surface area contributed by atoms with Gasteiger partial charge in [-0.25, -0.2) is 9.97 Å². The van der Waals surface area contributed by atoms with Gasteiger partial charge >= 0.3 is 0 Å². The van der Waals surface area contributed by atoms with Gasteiger partial charge in [0.15, 0.2) is 0 Å². The summed E-state index contributed by atoms with van der Waals surface area (Å²) < 4.78 is 15.2. The van der Waals surface area contributed by atoms with Gasteiger partial charge in [0.05, 0.1) is 29.2 Å². The Morgan fingerprint density at radius 1 is 0.935 bits per heavy atom. The van der Waals surface area contributed by atoms with E-state index >= 15 is 0 Å². The van der Waals surface area contributed by atoms with Crippen LogP contribution in [0, 0.1) is 0 Å². The lowest BCUT2D eigenvalue weighted by molar-refractivity contribution is 0.422. The highest BCUT2D eigenvalue weighted by Gasteiger charge is 2.23. The van der Waals surface area contributed by atoms with Crippen LogP contribution in [0.15, 0.2) is 69.0 Å². The zero-order valence-corrected chi connectivity index (χ0v) is 17.2. The Balaban J connectivity index is 1.40. The quantitative estimate of drug-likeness (QED) is 0.392. The van der Waals surface area contributed by atoms with Gasteiger partial charge in [0.25, 0.3) is 0 Å². The predicted molar refractivity (Wildman–Crippen MR) is 115 cm³/mol. The second-order valence-electron chi connectivity index (χ2n) is 6.40. The van der Waals surface area contributed by atoms with Crippen LogP contribution in [0.3, 0.4) is 0 Å². The van der Waals surface area contributed by atoms with Gasteiger partial charge in [0, 0.05) is 22.5 Å². The molecule has 0 aliphatic heterocycles. The molecule has 0 amide bonds. The van der Waals surface area contributed by atoms with Gasteiger partial charge in [-0.2, -0.15) is 9.47 Å². The van der Waals surface area contributed by atoms with Crippen LogP contribution in [0.1, 0.15) is 0 Å². The molecule has 0 saturated heterocycles. The highest BCUT2D eigenvalue weighted by molar-refractivity contribution is 7.13. The number of H-pyrrole nitrogens is 1. The third kappa shape index (κ3) is 3.07. The Morgan fingerprint density at radius 2 is 1.94 bits per heavy atom. The van der Waals surface area contributed by atoms with Crippen LogP contribution in [-0.2, 0) is 0 Å². The molecule has 0 aliphatic rings. The number of hydrogen-bond donors (Lipinski definition) is 1. The van der Waals surface area contributed by atoms with Crippen LogP contribution in [0.4, 0.5) is 0 Å². The number of aromatic nitrogens is 7. The number of oxazole rings is 1. The van der Waals surface area contributed by atoms with Crippen LogP contribution >= 0.6 is 22.9 Å². The molecule has 0 aromatic carbocycles. The highest BCUT2D eigenvalue weighted by Crippen LogP contribution is 2.39. The number of aromatic amines is 1. The van der Waals surface area contributed by atoms with Gasteiger partial charge in [0.1, 0.15) is 40.3 Å². The van der Waals surface area contributed by atoms with Crippen molar-refractivity contribution in [3.05, 3.63) is 60.1 Å². The number of nitrogens with zero attached hydrogens (tertiary/aromatic N) is 6. The maximum Gasteiger partial charge on any atom is 0.229 e. The summed E-state index contributed by atoms with van der Waals surface area (Å²) in [6.07, 6.45) is 8.06. The van der Waals surface area contributed by atoms with Crippen molar-refractivity contribution < 1.29 is 8.94 Å².